The molecule has 2 fully saturated rings. The summed E-state index contributed by atoms with van der Waals surface area (Å²) in [6, 6.07) is 3.20. The van der Waals surface area contributed by atoms with E-state index in [9.17, 15) is 13.2 Å². The van der Waals surface area contributed by atoms with Gasteiger partial charge in [-0.1, -0.05) is 23.2 Å². The lowest BCUT2D eigenvalue weighted by atomic mass is 10.1. The van der Waals surface area contributed by atoms with Crippen molar-refractivity contribution in [1.82, 2.24) is 9.80 Å². The lowest BCUT2D eigenvalue weighted by molar-refractivity contribution is 0.0588. The summed E-state index contributed by atoms with van der Waals surface area (Å²) in [7, 11) is -1.43. The van der Waals surface area contributed by atoms with Crippen LogP contribution < -0.4 is 4.74 Å². The Morgan fingerprint density at radius 1 is 1.16 bits per heavy atom. The molecule has 2 saturated heterocycles. The fraction of sp³-hybridized carbons (Fsp3) is 0.562. The second kappa shape index (κ2) is 7.31. The lowest BCUT2D eigenvalue weighted by Gasteiger charge is -2.37. The summed E-state index contributed by atoms with van der Waals surface area (Å²) in [5.74, 6) is 0.710. The third-order valence-corrected chi connectivity index (χ3v) is 7.09. The molecule has 3 rings (SSSR count). The molecule has 1 aromatic rings. The molecule has 9 heteroatoms. The second-order valence-electron chi connectivity index (χ2n) is 6.36. The number of rotatable bonds is 3. The van der Waals surface area contributed by atoms with E-state index < -0.39 is 9.84 Å². The van der Waals surface area contributed by atoms with Gasteiger partial charge in [-0.3, -0.25) is 9.69 Å². The standard InChI is InChI=1S/C16H20Cl2N2O4S/c1-24-15-13(17)8-11(9-14(15)18)16(21)20-5-3-19(4-6-20)12-2-7-25(22,23)10-12/h8-9,12H,2-7,10H2,1H3/t12-/m1/s1. The van der Waals surface area contributed by atoms with Gasteiger partial charge in [-0.05, 0) is 18.6 Å². The Morgan fingerprint density at radius 3 is 2.24 bits per heavy atom. The number of hydrogen-bond acceptors (Lipinski definition) is 5. The highest BCUT2D eigenvalue weighted by molar-refractivity contribution is 7.91. The van der Waals surface area contributed by atoms with E-state index in [1.165, 1.54) is 7.11 Å². The average molecular weight is 407 g/mol. The minimum Gasteiger partial charge on any atom is -0.494 e. The third-order valence-electron chi connectivity index (χ3n) is 4.78. The van der Waals surface area contributed by atoms with Crippen LogP contribution in [0.25, 0.3) is 0 Å². The molecule has 0 bridgehead atoms. The number of halogens is 2. The fourth-order valence-corrected chi connectivity index (χ4v) is 5.82. The summed E-state index contributed by atoms with van der Waals surface area (Å²) in [5, 5.41) is 0.598. The van der Waals surface area contributed by atoms with Crippen molar-refractivity contribution in [2.75, 3.05) is 44.8 Å². The fourth-order valence-electron chi connectivity index (χ4n) is 3.41. The van der Waals surface area contributed by atoms with Crippen molar-refractivity contribution < 1.29 is 17.9 Å². The monoisotopic (exact) mass is 406 g/mol. The predicted molar refractivity (Wildman–Crippen MR) is 97.5 cm³/mol. The van der Waals surface area contributed by atoms with Crippen LogP contribution in [0.5, 0.6) is 5.75 Å². The van der Waals surface area contributed by atoms with Crippen LogP contribution in [0.4, 0.5) is 0 Å². The van der Waals surface area contributed by atoms with Gasteiger partial charge >= 0.3 is 0 Å². The Bertz CT molecular complexity index is 753. The van der Waals surface area contributed by atoms with Crippen molar-refractivity contribution in [3.05, 3.63) is 27.7 Å². The molecule has 0 aromatic heterocycles. The van der Waals surface area contributed by atoms with Gasteiger partial charge in [-0.2, -0.15) is 0 Å². The lowest BCUT2D eigenvalue weighted by Crippen LogP contribution is -2.52. The largest absolute Gasteiger partial charge is 0.494 e. The summed E-state index contributed by atoms with van der Waals surface area (Å²) in [6.45, 7) is 2.44. The normalized spacial score (nSPS) is 23.6. The Kier molecular flexibility index (Phi) is 5.48. The zero-order valence-corrected chi connectivity index (χ0v) is 16.2. The molecule has 0 spiro atoms. The molecule has 1 amide bonds. The number of ether oxygens (including phenoxy) is 1. The van der Waals surface area contributed by atoms with Crippen molar-refractivity contribution >= 4 is 38.9 Å². The molecule has 6 nitrogen and oxygen atoms in total. The first kappa shape index (κ1) is 18.8. The molecule has 2 heterocycles. The van der Waals surface area contributed by atoms with E-state index in [1.807, 2.05) is 0 Å². The van der Waals surface area contributed by atoms with Gasteiger partial charge in [0.05, 0.1) is 28.7 Å². The van der Waals surface area contributed by atoms with Crippen LogP contribution in [0.15, 0.2) is 12.1 Å². The zero-order chi connectivity index (χ0) is 18.2. The molecule has 138 valence electrons. The molecule has 0 radical (unpaired) electrons. The average Bonchev–Trinajstić information content (AvgIpc) is 2.94. The van der Waals surface area contributed by atoms with Gasteiger partial charge in [0.25, 0.3) is 5.91 Å². The number of carbonyl (C=O) groups excluding carboxylic acids is 1. The van der Waals surface area contributed by atoms with Crippen molar-refractivity contribution in [2.24, 2.45) is 0 Å². The Hall–Kier alpha value is -1.02. The second-order valence-corrected chi connectivity index (χ2v) is 9.40. The molecule has 1 atom stereocenters. The number of amides is 1. The van der Waals surface area contributed by atoms with Crippen molar-refractivity contribution in [2.45, 2.75) is 12.5 Å². The van der Waals surface area contributed by atoms with Gasteiger partial charge in [-0.25, -0.2) is 8.42 Å². The quantitative estimate of drug-likeness (QED) is 0.767. The van der Waals surface area contributed by atoms with E-state index in [2.05, 4.69) is 4.90 Å². The minimum atomic E-state index is -2.90. The first-order chi connectivity index (χ1) is 11.8. The Morgan fingerprint density at radius 2 is 1.76 bits per heavy atom. The van der Waals surface area contributed by atoms with Gasteiger partial charge in [-0.15, -0.1) is 0 Å². The van der Waals surface area contributed by atoms with Crippen molar-refractivity contribution in [3.63, 3.8) is 0 Å². The molecular weight excluding hydrogens is 387 g/mol. The van der Waals surface area contributed by atoms with Gasteiger partial charge in [0.2, 0.25) is 0 Å². The molecule has 0 saturated carbocycles. The van der Waals surface area contributed by atoms with Crippen LogP contribution in [0.2, 0.25) is 10.0 Å². The summed E-state index contributed by atoms with van der Waals surface area (Å²) in [6.07, 6.45) is 0.681. The van der Waals surface area contributed by atoms with Gasteiger partial charge < -0.3 is 9.64 Å². The zero-order valence-electron chi connectivity index (χ0n) is 13.9. The van der Waals surface area contributed by atoms with Crippen LogP contribution in [0, 0.1) is 0 Å². The smallest absolute Gasteiger partial charge is 0.254 e. The van der Waals surface area contributed by atoms with E-state index in [0.29, 0.717) is 54.0 Å². The topological polar surface area (TPSA) is 66.9 Å². The highest BCUT2D eigenvalue weighted by Gasteiger charge is 2.34. The molecule has 0 unspecified atom stereocenters. The molecule has 1 aromatic carbocycles. The predicted octanol–water partition coefficient (Wildman–Crippen LogP) is 1.95. The number of hydrogen-bond donors (Lipinski definition) is 0. The van der Waals surface area contributed by atoms with E-state index in [-0.39, 0.29) is 23.5 Å². The highest BCUT2D eigenvalue weighted by Crippen LogP contribution is 2.34. The molecule has 2 aliphatic heterocycles. The van der Waals surface area contributed by atoms with Crippen LogP contribution in [-0.2, 0) is 9.84 Å². The molecular formula is C16H20Cl2N2O4S. The number of methoxy groups -OCH3 is 1. The maximum atomic E-state index is 12.7. The van der Waals surface area contributed by atoms with Gasteiger partial charge in [0, 0.05) is 37.8 Å². The van der Waals surface area contributed by atoms with Crippen LogP contribution in [0.3, 0.4) is 0 Å². The molecule has 2 aliphatic rings. The van der Waals surface area contributed by atoms with E-state index in [0.717, 1.165) is 0 Å². The third kappa shape index (κ3) is 4.05. The van der Waals surface area contributed by atoms with Crippen molar-refractivity contribution in [1.29, 1.82) is 0 Å². The first-order valence-corrected chi connectivity index (χ1v) is 10.7. The number of benzene rings is 1. The Labute approximate surface area is 157 Å². The van der Waals surface area contributed by atoms with E-state index in [4.69, 9.17) is 27.9 Å². The maximum Gasteiger partial charge on any atom is 0.254 e. The van der Waals surface area contributed by atoms with Crippen LogP contribution >= 0.6 is 23.2 Å². The molecule has 0 aliphatic carbocycles. The summed E-state index contributed by atoms with van der Waals surface area (Å²) in [5.41, 5.74) is 0.424. The number of carbonyl (C=O) groups is 1. The van der Waals surface area contributed by atoms with E-state index in [1.54, 1.807) is 17.0 Å². The van der Waals surface area contributed by atoms with Gasteiger partial charge in [0.15, 0.2) is 15.6 Å². The van der Waals surface area contributed by atoms with Crippen molar-refractivity contribution in [3.8, 4) is 5.75 Å². The number of piperazine rings is 1. The minimum absolute atomic E-state index is 0.0760. The highest BCUT2D eigenvalue weighted by atomic mass is 35.5. The molecule has 0 N–H and O–H groups in total. The summed E-state index contributed by atoms with van der Waals surface area (Å²) >= 11 is 12.2. The number of sulfone groups is 1. The van der Waals surface area contributed by atoms with E-state index >= 15 is 0 Å². The number of nitrogens with zero attached hydrogens (tertiary/aromatic N) is 2. The van der Waals surface area contributed by atoms with Crippen LogP contribution in [-0.4, -0.2) is 75.0 Å². The summed E-state index contributed by atoms with van der Waals surface area (Å²) < 4.78 is 28.4. The molecule has 25 heavy (non-hydrogen) atoms. The first-order valence-electron chi connectivity index (χ1n) is 8.07. The Balaban J connectivity index is 1.64. The van der Waals surface area contributed by atoms with Gasteiger partial charge in [0.1, 0.15) is 0 Å². The maximum absolute atomic E-state index is 12.7. The summed E-state index contributed by atoms with van der Waals surface area (Å²) in [4.78, 5) is 16.6. The van der Waals surface area contributed by atoms with Crippen LogP contribution in [0.1, 0.15) is 16.8 Å². The SMILES string of the molecule is COc1c(Cl)cc(C(=O)N2CCN([C@@H]3CCS(=O)(=O)C3)CC2)cc1Cl.